The highest BCUT2D eigenvalue weighted by atomic mass is 32.2. The second-order valence-corrected chi connectivity index (χ2v) is 6.50. The average molecular weight is 332 g/mol. The van der Waals surface area contributed by atoms with Gasteiger partial charge in [0, 0.05) is 18.3 Å². The van der Waals surface area contributed by atoms with Crippen molar-refractivity contribution >= 4 is 17.7 Å². The van der Waals surface area contributed by atoms with E-state index in [4.69, 9.17) is 9.15 Å². The summed E-state index contributed by atoms with van der Waals surface area (Å²) in [5, 5.41) is 3.04. The molecule has 6 heteroatoms. The first kappa shape index (κ1) is 16.1. The van der Waals surface area contributed by atoms with Crippen LogP contribution in [0.5, 0.6) is 0 Å². The third-order valence-electron chi connectivity index (χ3n) is 3.93. The van der Waals surface area contributed by atoms with Gasteiger partial charge in [-0.05, 0) is 42.5 Å². The van der Waals surface area contributed by atoms with Gasteiger partial charge in [0.1, 0.15) is 5.76 Å². The van der Waals surface area contributed by atoms with Gasteiger partial charge >= 0.3 is 0 Å². The van der Waals surface area contributed by atoms with Crippen molar-refractivity contribution in [2.75, 3.05) is 19.5 Å². The monoisotopic (exact) mass is 332 g/mol. The lowest BCUT2D eigenvalue weighted by Crippen LogP contribution is -2.40. The van der Waals surface area contributed by atoms with Gasteiger partial charge in [-0.2, -0.15) is 11.8 Å². The lowest BCUT2D eigenvalue weighted by atomic mass is 9.95. The first-order chi connectivity index (χ1) is 11.3. The molecule has 0 radical (unpaired) electrons. The number of carbonyl (C=O) groups excluding carboxylic acids is 1. The molecule has 2 aromatic rings. The second-order valence-electron chi connectivity index (χ2n) is 5.64. The number of thioether (sulfide) groups is 1. The Morgan fingerprint density at radius 2 is 2.13 bits per heavy atom. The lowest BCUT2D eigenvalue weighted by Gasteiger charge is -2.18. The van der Waals surface area contributed by atoms with Crippen molar-refractivity contribution in [1.29, 1.82) is 0 Å². The number of nitrogens with zero attached hydrogens (tertiary/aromatic N) is 1. The Bertz CT molecular complexity index is 644. The number of nitrogens with one attached hydrogen (secondary N) is 1. The van der Waals surface area contributed by atoms with Gasteiger partial charge in [0.05, 0.1) is 25.0 Å². The number of aromatic nitrogens is 1. The molecular formula is C17H20N2O3S. The maximum absolute atomic E-state index is 12.3. The SMILES string of the molecule is CSCc1ccc(C(=O)N[C@H]2COC[C@H]2Cc2ccncc2)o1. The van der Waals surface area contributed by atoms with E-state index in [2.05, 4.69) is 10.3 Å². The van der Waals surface area contributed by atoms with Crippen LogP contribution < -0.4 is 5.32 Å². The molecule has 1 amide bonds. The van der Waals surface area contributed by atoms with Crippen molar-refractivity contribution in [3.63, 3.8) is 0 Å². The van der Waals surface area contributed by atoms with Crippen LogP contribution in [0.2, 0.25) is 0 Å². The molecule has 0 unspecified atom stereocenters. The zero-order valence-corrected chi connectivity index (χ0v) is 13.8. The molecule has 2 atom stereocenters. The van der Waals surface area contributed by atoms with Crippen molar-refractivity contribution in [1.82, 2.24) is 10.3 Å². The van der Waals surface area contributed by atoms with Gasteiger partial charge < -0.3 is 14.5 Å². The molecular weight excluding hydrogens is 312 g/mol. The molecule has 3 rings (SSSR count). The van der Waals surface area contributed by atoms with Crippen LogP contribution in [0.25, 0.3) is 0 Å². The molecule has 0 saturated carbocycles. The fourth-order valence-corrected chi connectivity index (χ4v) is 3.18. The topological polar surface area (TPSA) is 64.4 Å². The van der Waals surface area contributed by atoms with E-state index < -0.39 is 0 Å². The Morgan fingerprint density at radius 3 is 2.91 bits per heavy atom. The molecule has 1 aliphatic heterocycles. The average Bonchev–Trinajstić information content (AvgIpc) is 3.19. The highest BCUT2D eigenvalue weighted by Gasteiger charge is 2.30. The number of hydrogen-bond donors (Lipinski definition) is 1. The maximum Gasteiger partial charge on any atom is 0.287 e. The summed E-state index contributed by atoms with van der Waals surface area (Å²) in [5.41, 5.74) is 1.20. The van der Waals surface area contributed by atoms with Crippen LogP contribution in [-0.4, -0.2) is 36.4 Å². The summed E-state index contributed by atoms with van der Waals surface area (Å²) in [6.45, 7) is 1.20. The maximum atomic E-state index is 12.3. The van der Waals surface area contributed by atoms with Crippen LogP contribution in [-0.2, 0) is 16.9 Å². The number of pyridine rings is 1. The van der Waals surface area contributed by atoms with E-state index in [1.807, 2.05) is 24.5 Å². The number of hydrogen-bond acceptors (Lipinski definition) is 5. The summed E-state index contributed by atoms with van der Waals surface area (Å²) in [6.07, 6.45) is 6.44. The minimum Gasteiger partial charge on any atom is -0.455 e. The van der Waals surface area contributed by atoms with Crippen molar-refractivity contribution < 1.29 is 13.9 Å². The van der Waals surface area contributed by atoms with Gasteiger partial charge in [-0.3, -0.25) is 9.78 Å². The van der Waals surface area contributed by atoms with Crippen LogP contribution in [0.3, 0.4) is 0 Å². The molecule has 122 valence electrons. The minimum atomic E-state index is -0.174. The van der Waals surface area contributed by atoms with Gasteiger partial charge in [0.15, 0.2) is 5.76 Å². The molecule has 0 bridgehead atoms. The van der Waals surface area contributed by atoms with Crippen molar-refractivity contribution in [3.8, 4) is 0 Å². The van der Waals surface area contributed by atoms with Gasteiger partial charge in [0.25, 0.3) is 5.91 Å². The van der Waals surface area contributed by atoms with E-state index in [-0.39, 0.29) is 17.9 Å². The molecule has 0 aromatic carbocycles. The van der Waals surface area contributed by atoms with E-state index in [0.717, 1.165) is 17.9 Å². The smallest absolute Gasteiger partial charge is 0.287 e. The van der Waals surface area contributed by atoms with E-state index in [9.17, 15) is 4.79 Å². The Balaban J connectivity index is 1.60. The van der Waals surface area contributed by atoms with Crippen molar-refractivity contribution in [2.45, 2.75) is 18.2 Å². The molecule has 3 heterocycles. The first-order valence-corrected chi connectivity index (χ1v) is 9.01. The number of furan rings is 1. The Labute approximate surface area is 139 Å². The van der Waals surface area contributed by atoms with Crippen LogP contribution in [0, 0.1) is 5.92 Å². The highest BCUT2D eigenvalue weighted by molar-refractivity contribution is 7.97. The van der Waals surface area contributed by atoms with E-state index in [0.29, 0.717) is 19.0 Å². The standard InChI is InChI=1S/C17H20N2O3S/c1-23-11-14-2-3-16(22-14)17(20)19-15-10-21-9-13(15)8-12-4-6-18-7-5-12/h2-7,13,15H,8-11H2,1H3,(H,19,20)/t13-,15+/m1/s1. The van der Waals surface area contributed by atoms with Crippen LogP contribution in [0.15, 0.2) is 41.1 Å². The van der Waals surface area contributed by atoms with Gasteiger partial charge in [0.2, 0.25) is 0 Å². The molecule has 1 saturated heterocycles. The molecule has 1 N–H and O–H groups in total. The lowest BCUT2D eigenvalue weighted by molar-refractivity contribution is 0.0895. The zero-order chi connectivity index (χ0) is 16.1. The third kappa shape index (κ3) is 4.14. The predicted octanol–water partition coefficient (Wildman–Crippen LogP) is 2.53. The fourth-order valence-electron chi connectivity index (χ4n) is 2.74. The van der Waals surface area contributed by atoms with Gasteiger partial charge in [-0.1, -0.05) is 0 Å². The molecule has 2 aromatic heterocycles. The van der Waals surface area contributed by atoms with Gasteiger partial charge in [-0.25, -0.2) is 0 Å². The molecule has 1 aliphatic rings. The summed E-state index contributed by atoms with van der Waals surface area (Å²) in [5.74, 6) is 2.04. The number of amides is 1. The summed E-state index contributed by atoms with van der Waals surface area (Å²) in [6, 6.07) is 7.58. The summed E-state index contributed by atoms with van der Waals surface area (Å²) >= 11 is 1.66. The number of ether oxygens (including phenoxy) is 1. The van der Waals surface area contributed by atoms with Crippen molar-refractivity contribution in [2.24, 2.45) is 5.92 Å². The highest BCUT2D eigenvalue weighted by Crippen LogP contribution is 2.20. The molecule has 1 fully saturated rings. The molecule has 0 aliphatic carbocycles. The first-order valence-electron chi connectivity index (χ1n) is 7.61. The van der Waals surface area contributed by atoms with Crippen molar-refractivity contribution in [3.05, 3.63) is 53.7 Å². The largest absolute Gasteiger partial charge is 0.455 e. The van der Waals surface area contributed by atoms with E-state index in [1.165, 1.54) is 5.56 Å². The Hall–Kier alpha value is -1.79. The molecule has 0 spiro atoms. The molecule has 5 nitrogen and oxygen atoms in total. The van der Waals surface area contributed by atoms with Crippen LogP contribution >= 0.6 is 11.8 Å². The molecule has 23 heavy (non-hydrogen) atoms. The minimum absolute atomic E-state index is 0.00441. The predicted molar refractivity (Wildman–Crippen MR) is 89.4 cm³/mol. The quantitative estimate of drug-likeness (QED) is 0.880. The Kier molecular flexibility index (Phi) is 5.35. The number of rotatable bonds is 6. The fraction of sp³-hybridized carbons (Fsp3) is 0.412. The number of carbonyl (C=O) groups is 1. The summed E-state index contributed by atoms with van der Waals surface area (Å²) in [4.78, 5) is 16.4. The van der Waals surface area contributed by atoms with E-state index >= 15 is 0 Å². The van der Waals surface area contributed by atoms with Crippen LogP contribution in [0.4, 0.5) is 0 Å². The van der Waals surface area contributed by atoms with Gasteiger partial charge in [-0.15, -0.1) is 0 Å². The second kappa shape index (κ2) is 7.66. The zero-order valence-electron chi connectivity index (χ0n) is 13.0. The third-order valence-corrected chi connectivity index (χ3v) is 4.51. The van der Waals surface area contributed by atoms with E-state index in [1.54, 1.807) is 30.2 Å². The summed E-state index contributed by atoms with van der Waals surface area (Å²) < 4.78 is 11.1. The van der Waals surface area contributed by atoms with Crippen LogP contribution in [0.1, 0.15) is 21.9 Å². The summed E-state index contributed by atoms with van der Waals surface area (Å²) in [7, 11) is 0. The Morgan fingerprint density at radius 1 is 1.30 bits per heavy atom. The normalized spacial score (nSPS) is 20.6.